The van der Waals surface area contributed by atoms with Gasteiger partial charge in [0.1, 0.15) is 5.75 Å². The molecule has 0 heterocycles. The van der Waals surface area contributed by atoms with E-state index in [0.717, 1.165) is 24.2 Å². The normalized spacial score (nSPS) is 16.5. The average molecular weight is 235 g/mol. The minimum Gasteiger partial charge on any atom is -0.496 e. The van der Waals surface area contributed by atoms with Gasteiger partial charge in [-0.1, -0.05) is 0 Å². The molecule has 1 aromatic carbocycles. The quantitative estimate of drug-likeness (QED) is 0.841. The Morgan fingerprint density at radius 1 is 1.41 bits per heavy atom. The molecule has 0 amide bonds. The molecule has 0 radical (unpaired) electrons. The molecule has 17 heavy (non-hydrogen) atoms. The number of fused-ring (bicyclic) bond motifs is 1. The number of rotatable bonds is 3. The van der Waals surface area contributed by atoms with Gasteiger partial charge in [-0.25, -0.2) is 0 Å². The maximum Gasteiger partial charge on any atom is 0.124 e. The van der Waals surface area contributed by atoms with E-state index in [9.17, 15) is 5.11 Å². The topological polar surface area (TPSA) is 55.5 Å². The lowest BCUT2D eigenvalue weighted by atomic mass is 9.84. The van der Waals surface area contributed by atoms with Gasteiger partial charge in [-0.05, 0) is 55.4 Å². The number of benzene rings is 1. The van der Waals surface area contributed by atoms with Gasteiger partial charge in [-0.15, -0.1) is 0 Å². The summed E-state index contributed by atoms with van der Waals surface area (Å²) in [6, 6.07) is 1.75. The first-order valence-electron chi connectivity index (χ1n) is 6.24. The number of aliphatic hydroxyl groups is 1. The third kappa shape index (κ3) is 2.17. The molecule has 2 rings (SSSR count). The third-order valence-electron chi connectivity index (χ3n) is 3.73. The van der Waals surface area contributed by atoms with Crippen molar-refractivity contribution in [3.8, 4) is 5.75 Å². The highest BCUT2D eigenvalue weighted by Gasteiger charge is 2.21. The van der Waals surface area contributed by atoms with Crippen molar-refractivity contribution >= 4 is 0 Å². The zero-order valence-corrected chi connectivity index (χ0v) is 10.6. The van der Waals surface area contributed by atoms with Gasteiger partial charge < -0.3 is 15.6 Å². The van der Waals surface area contributed by atoms with Crippen LogP contribution in [0.25, 0.3) is 0 Å². The van der Waals surface area contributed by atoms with Crippen LogP contribution < -0.4 is 10.5 Å². The molecular weight excluding hydrogens is 214 g/mol. The SMILES string of the molecule is COc1cc2c(c(C)c1C(N)CO)CCCC2. The van der Waals surface area contributed by atoms with Crippen LogP contribution >= 0.6 is 0 Å². The van der Waals surface area contributed by atoms with Gasteiger partial charge in [0.15, 0.2) is 0 Å². The Kier molecular flexibility index (Phi) is 3.69. The summed E-state index contributed by atoms with van der Waals surface area (Å²) < 4.78 is 5.42. The second-order valence-electron chi connectivity index (χ2n) is 4.75. The molecule has 0 fully saturated rings. The van der Waals surface area contributed by atoms with E-state index in [4.69, 9.17) is 10.5 Å². The van der Waals surface area contributed by atoms with E-state index in [1.165, 1.54) is 29.5 Å². The number of aryl methyl sites for hydroxylation is 1. The Labute approximate surface area is 103 Å². The Morgan fingerprint density at radius 3 is 2.76 bits per heavy atom. The number of nitrogens with two attached hydrogens (primary N) is 1. The summed E-state index contributed by atoms with van der Waals surface area (Å²) in [5.74, 6) is 0.824. The minimum atomic E-state index is -0.350. The summed E-state index contributed by atoms with van der Waals surface area (Å²) in [5.41, 5.74) is 11.0. The van der Waals surface area contributed by atoms with Crippen LogP contribution in [-0.4, -0.2) is 18.8 Å². The molecule has 0 aliphatic heterocycles. The predicted molar refractivity (Wildman–Crippen MR) is 68.4 cm³/mol. The van der Waals surface area contributed by atoms with Crippen LogP contribution in [0.5, 0.6) is 5.75 Å². The van der Waals surface area contributed by atoms with Crippen molar-refractivity contribution in [1.29, 1.82) is 0 Å². The highest BCUT2D eigenvalue weighted by Crippen LogP contribution is 2.35. The Hall–Kier alpha value is -1.06. The molecule has 0 saturated carbocycles. The van der Waals surface area contributed by atoms with Crippen LogP contribution in [-0.2, 0) is 12.8 Å². The lowest BCUT2D eigenvalue weighted by Gasteiger charge is -2.25. The first-order valence-corrected chi connectivity index (χ1v) is 6.24. The monoisotopic (exact) mass is 235 g/mol. The van der Waals surface area contributed by atoms with Gasteiger partial charge in [0, 0.05) is 5.56 Å². The van der Waals surface area contributed by atoms with E-state index in [0.29, 0.717) is 0 Å². The zero-order chi connectivity index (χ0) is 12.4. The molecule has 1 aliphatic carbocycles. The molecule has 3 heteroatoms. The fraction of sp³-hybridized carbons (Fsp3) is 0.571. The van der Waals surface area contributed by atoms with Gasteiger partial charge in [-0.2, -0.15) is 0 Å². The van der Waals surface area contributed by atoms with Gasteiger partial charge in [0.25, 0.3) is 0 Å². The van der Waals surface area contributed by atoms with Gasteiger partial charge in [0.05, 0.1) is 19.8 Å². The minimum absolute atomic E-state index is 0.0456. The highest BCUT2D eigenvalue weighted by atomic mass is 16.5. The molecule has 0 bridgehead atoms. The molecule has 0 saturated heterocycles. The molecule has 3 nitrogen and oxygen atoms in total. The highest BCUT2D eigenvalue weighted by molar-refractivity contribution is 5.51. The Morgan fingerprint density at radius 2 is 2.12 bits per heavy atom. The third-order valence-corrected chi connectivity index (χ3v) is 3.73. The molecular formula is C14H21NO2. The molecule has 0 spiro atoms. The summed E-state index contributed by atoms with van der Waals surface area (Å²) in [6.45, 7) is 2.05. The maximum absolute atomic E-state index is 9.26. The first kappa shape index (κ1) is 12.4. The summed E-state index contributed by atoms with van der Waals surface area (Å²) >= 11 is 0. The number of hydrogen-bond donors (Lipinski definition) is 2. The fourth-order valence-electron chi connectivity index (χ4n) is 2.82. The van der Waals surface area contributed by atoms with Gasteiger partial charge in [0.2, 0.25) is 0 Å². The molecule has 1 aromatic rings. The van der Waals surface area contributed by atoms with Gasteiger partial charge in [-0.3, -0.25) is 0 Å². The second kappa shape index (κ2) is 5.07. The zero-order valence-electron chi connectivity index (χ0n) is 10.6. The molecule has 1 aliphatic rings. The first-order chi connectivity index (χ1) is 8.19. The van der Waals surface area contributed by atoms with E-state index >= 15 is 0 Å². The molecule has 3 N–H and O–H groups in total. The van der Waals surface area contributed by atoms with Crippen LogP contribution in [0.4, 0.5) is 0 Å². The standard InChI is InChI=1S/C14H21NO2/c1-9-11-6-4-3-5-10(11)7-13(17-2)14(9)12(15)8-16/h7,12,16H,3-6,8,15H2,1-2H3. The summed E-state index contributed by atoms with van der Waals surface area (Å²) in [4.78, 5) is 0. The maximum atomic E-state index is 9.26. The Balaban J connectivity index is 2.56. The van der Waals surface area contributed by atoms with Crippen molar-refractivity contribution in [1.82, 2.24) is 0 Å². The molecule has 1 unspecified atom stereocenters. The second-order valence-corrected chi connectivity index (χ2v) is 4.75. The van der Waals surface area contributed by atoms with Crippen molar-refractivity contribution in [2.75, 3.05) is 13.7 Å². The molecule has 94 valence electrons. The molecule has 1 atom stereocenters. The smallest absolute Gasteiger partial charge is 0.124 e. The summed E-state index contributed by atoms with van der Waals surface area (Å²) in [5, 5.41) is 9.26. The lowest BCUT2D eigenvalue weighted by Crippen LogP contribution is -2.19. The van der Waals surface area contributed by atoms with Crippen molar-refractivity contribution < 1.29 is 9.84 Å². The molecule has 0 aromatic heterocycles. The van der Waals surface area contributed by atoms with Crippen molar-refractivity contribution in [2.24, 2.45) is 5.73 Å². The van der Waals surface area contributed by atoms with Crippen LogP contribution in [0.1, 0.15) is 41.1 Å². The van der Waals surface area contributed by atoms with E-state index < -0.39 is 0 Å². The van der Waals surface area contributed by atoms with Crippen molar-refractivity contribution in [3.05, 3.63) is 28.3 Å². The van der Waals surface area contributed by atoms with Crippen LogP contribution in [0.15, 0.2) is 6.07 Å². The van der Waals surface area contributed by atoms with Crippen LogP contribution in [0.3, 0.4) is 0 Å². The number of aliphatic hydroxyl groups excluding tert-OH is 1. The van der Waals surface area contributed by atoms with Crippen molar-refractivity contribution in [2.45, 2.75) is 38.6 Å². The number of methoxy groups -OCH3 is 1. The average Bonchev–Trinajstić information content (AvgIpc) is 2.37. The van der Waals surface area contributed by atoms with E-state index in [2.05, 4.69) is 13.0 Å². The van der Waals surface area contributed by atoms with E-state index in [1.807, 2.05) is 0 Å². The van der Waals surface area contributed by atoms with Crippen LogP contribution in [0, 0.1) is 6.92 Å². The number of ether oxygens (including phenoxy) is 1. The summed E-state index contributed by atoms with van der Waals surface area (Å²) in [6.07, 6.45) is 4.74. The summed E-state index contributed by atoms with van der Waals surface area (Å²) in [7, 11) is 1.66. The lowest BCUT2D eigenvalue weighted by molar-refractivity contribution is 0.264. The largest absolute Gasteiger partial charge is 0.496 e. The Bertz CT molecular complexity index is 415. The van der Waals surface area contributed by atoms with E-state index in [1.54, 1.807) is 7.11 Å². The van der Waals surface area contributed by atoms with Gasteiger partial charge >= 0.3 is 0 Å². The number of hydrogen-bond acceptors (Lipinski definition) is 3. The fourth-order valence-corrected chi connectivity index (χ4v) is 2.82. The predicted octanol–water partition coefficient (Wildman–Crippen LogP) is 1.87. The van der Waals surface area contributed by atoms with Crippen molar-refractivity contribution in [3.63, 3.8) is 0 Å². The van der Waals surface area contributed by atoms with Crippen LogP contribution in [0.2, 0.25) is 0 Å². The van der Waals surface area contributed by atoms with E-state index in [-0.39, 0.29) is 12.6 Å².